The average Bonchev–Trinajstić information content (AvgIpc) is 2.79. The third-order valence-electron chi connectivity index (χ3n) is 5.43. The van der Waals surface area contributed by atoms with Gasteiger partial charge in [0.1, 0.15) is 11.4 Å². The van der Waals surface area contributed by atoms with E-state index >= 15 is 0 Å². The molecule has 2 aromatic carbocycles. The van der Waals surface area contributed by atoms with Crippen LogP contribution in [-0.2, 0) is 11.4 Å². The predicted molar refractivity (Wildman–Crippen MR) is 119 cm³/mol. The van der Waals surface area contributed by atoms with Crippen LogP contribution in [0.15, 0.2) is 59.9 Å². The molecule has 1 heterocycles. The van der Waals surface area contributed by atoms with Gasteiger partial charge in [0, 0.05) is 49.5 Å². The molecular formula is C23H30N5O3+. The fraction of sp³-hybridized carbons (Fsp3) is 0.304. The first-order chi connectivity index (χ1) is 15.0. The SMILES string of the molecule is CN1CCN(c2ccc(CNC3=C(N)C(=O)c4ccccc4C3=O)cc2)CC1.CO[NH3+]. The molecule has 2 aliphatic rings. The van der Waals surface area contributed by atoms with Gasteiger partial charge in [-0.05, 0) is 24.7 Å². The van der Waals surface area contributed by atoms with E-state index in [1.807, 2.05) is 12.1 Å². The number of hydrogen-bond donors (Lipinski definition) is 3. The Bertz CT molecular complexity index is 963. The summed E-state index contributed by atoms with van der Waals surface area (Å²) in [4.78, 5) is 33.9. The standard InChI is InChI=1S/C22H24N4O2.CH6NO/c1-25-10-12-26(13-11-25)16-8-6-15(7-9-16)14-24-20-19(23)21(27)17-4-2-3-5-18(17)22(20)28;1-3-2/h2-9,24H,10-14,23H2,1H3;1-2H3/q;+1. The van der Waals surface area contributed by atoms with Crippen LogP contribution in [0.4, 0.5) is 5.69 Å². The molecule has 2 aromatic rings. The number of nitrogens with one attached hydrogen (secondary N) is 1. The summed E-state index contributed by atoms with van der Waals surface area (Å²) in [7, 11) is 3.65. The Balaban J connectivity index is 0.000000858. The van der Waals surface area contributed by atoms with Crippen LogP contribution in [0, 0.1) is 0 Å². The largest absolute Gasteiger partial charge is 0.394 e. The predicted octanol–water partition coefficient (Wildman–Crippen LogP) is 0.567. The van der Waals surface area contributed by atoms with E-state index in [0.29, 0.717) is 17.7 Å². The van der Waals surface area contributed by atoms with Crippen molar-refractivity contribution in [2.24, 2.45) is 5.73 Å². The summed E-state index contributed by atoms with van der Waals surface area (Å²) in [6.45, 7) is 4.60. The second-order valence-electron chi connectivity index (χ2n) is 7.59. The van der Waals surface area contributed by atoms with Crippen molar-refractivity contribution in [2.45, 2.75) is 6.54 Å². The van der Waals surface area contributed by atoms with Gasteiger partial charge in [-0.3, -0.25) is 9.59 Å². The second-order valence-corrected chi connectivity index (χ2v) is 7.59. The lowest BCUT2D eigenvalue weighted by Gasteiger charge is -2.34. The Hall–Kier alpha value is -3.20. The topological polar surface area (TPSA) is 116 Å². The summed E-state index contributed by atoms with van der Waals surface area (Å²) in [5.41, 5.74) is 9.12. The maximum Gasteiger partial charge on any atom is 0.211 e. The fourth-order valence-electron chi connectivity index (χ4n) is 3.65. The first kappa shape index (κ1) is 22.5. The van der Waals surface area contributed by atoms with E-state index in [1.165, 1.54) is 12.8 Å². The molecule has 31 heavy (non-hydrogen) atoms. The summed E-state index contributed by atoms with van der Waals surface area (Å²) in [5, 5.41) is 3.08. The van der Waals surface area contributed by atoms with Gasteiger partial charge in [-0.1, -0.05) is 36.4 Å². The van der Waals surface area contributed by atoms with Crippen LogP contribution in [-0.4, -0.2) is 56.8 Å². The van der Waals surface area contributed by atoms with Gasteiger partial charge in [0.15, 0.2) is 0 Å². The number of hydrogen-bond acceptors (Lipinski definition) is 7. The van der Waals surface area contributed by atoms with Crippen LogP contribution in [0.3, 0.4) is 0 Å². The molecule has 8 heteroatoms. The van der Waals surface area contributed by atoms with Crippen LogP contribution in [0.1, 0.15) is 26.3 Å². The number of fused-ring (bicyclic) bond motifs is 1. The Morgan fingerprint density at radius 3 is 2.10 bits per heavy atom. The molecule has 1 aliphatic carbocycles. The van der Waals surface area contributed by atoms with E-state index in [9.17, 15) is 9.59 Å². The Kier molecular flexibility index (Phi) is 7.41. The minimum Gasteiger partial charge on any atom is -0.394 e. The molecule has 1 saturated heterocycles. The quantitative estimate of drug-likeness (QED) is 0.615. The summed E-state index contributed by atoms with van der Waals surface area (Å²) in [6, 6.07) is 15.1. The molecule has 0 saturated carbocycles. The maximum atomic E-state index is 12.7. The molecule has 4 rings (SSSR count). The number of rotatable bonds is 4. The van der Waals surface area contributed by atoms with Crippen LogP contribution < -0.4 is 21.8 Å². The van der Waals surface area contributed by atoms with Gasteiger partial charge in [0.25, 0.3) is 0 Å². The highest BCUT2D eigenvalue weighted by molar-refractivity contribution is 6.26. The lowest BCUT2D eigenvalue weighted by atomic mass is 9.90. The van der Waals surface area contributed by atoms with Gasteiger partial charge in [-0.15, -0.1) is 0 Å². The summed E-state index contributed by atoms with van der Waals surface area (Å²) < 4.78 is 0. The Morgan fingerprint density at radius 2 is 1.52 bits per heavy atom. The molecule has 0 bridgehead atoms. The minimum atomic E-state index is -0.303. The number of benzene rings is 2. The zero-order valence-corrected chi connectivity index (χ0v) is 18.1. The third-order valence-corrected chi connectivity index (χ3v) is 5.43. The van der Waals surface area contributed by atoms with Crippen molar-refractivity contribution in [3.8, 4) is 0 Å². The van der Waals surface area contributed by atoms with Crippen LogP contribution in [0.2, 0.25) is 0 Å². The number of likely N-dealkylation sites (N-methyl/N-ethyl adjacent to an activating group) is 1. The molecule has 6 N–H and O–H groups in total. The Morgan fingerprint density at radius 1 is 0.968 bits per heavy atom. The highest BCUT2D eigenvalue weighted by Crippen LogP contribution is 2.23. The van der Waals surface area contributed by atoms with Gasteiger partial charge < -0.3 is 20.9 Å². The maximum absolute atomic E-state index is 12.7. The van der Waals surface area contributed by atoms with E-state index in [-0.39, 0.29) is 23.0 Å². The lowest BCUT2D eigenvalue weighted by molar-refractivity contribution is -0.679. The molecule has 0 spiro atoms. The minimum absolute atomic E-state index is 0.0160. The number of ketones is 2. The number of nitrogens with two attached hydrogens (primary N) is 1. The number of allylic oxidation sites excluding steroid dienone is 2. The second kappa shape index (κ2) is 10.2. The molecule has 0 atom stereocenters. The van der Waals surface area contributed by atoms with Gasteiger partial charge in [0.05, 0.1) is 7.11 Å². The van der Waals surface area contributed by atoms with Gasteiger partial charge in [0.2, 0.25) is 11.6 Å². The van der Waals surface area contributed by atoms with Crippen molar-refractivity contribution in [2.75, 3.05) is 45.2 Å². The number of anilines is 1. The van der Waals surface area contributed by atoms with Crippen molar-refractivity contribution in [3.05, 3.63) is 76.6 Å². The molecule has 0 aromatic heterocycles. The highest BCUT2D eigenvalue weighted by Gasteiger charge is 2.30. The van der Waals surface area contributed by atoms with Gasteiger partial charge in [-0.25, -0.2) is 10.7 Å². The van der Waals surface area contributed by atoms with Gasteiger partial charge >= 0.3 is 0 Å². The first-order valence-electron chi connectivity index (χ1n) is 10.2. The normalized spacial score (nSPS) is 16.5. The molecule has 164 valence electrons. The highest BCUT2D eigenvalue weighted by atomic mass is 16.6. The summed E-state index contributed by atoms with van der Waals surface area (Å²) >= 11 is 0. The van der Waals surface area contributed by atoms with Crippen LogP contribution in [0.25, 0.3) is 0 Å². The third kappa shape index (κ3) is 5.11. The van der Waals surface area contributed by atoms with E-state index in [4.69, 9.17) is 5.73 Å². The zero-order chi connectivity index (χ0) is 22.4. The molecule has 0 amide bonds. The molecule has 1 fully saturated rings. The molecule has 0 radical (unpaired) electrons. The van der Waals surface area contributed by atoms with Gasteiger partial charge in [-0.2, -0.15) is 0 Å². The first-order valence-corrected chi connectivity index (χ1v) is 10.2. The number of Topliss-reactive ketones (excluding diaryl/α,β-unsaturated/α-hetero) is 2. The molecular weight excluding hydrogens is 394 g/mol. The van der Waals surface area contributed by atoms with Crippen molar-refractivity contribution >= 4 is 17.3 Å². The summed E-state index contributed by atoms with van der Waals surface area (Å²) in [6.07, 6.45) is 0. The number of carbonyl (C=O) groups excluding carboxylic acids is 2. The summed E-state index contributed by atoms with van der Waals surface area (Å²) in [5.74, 6) is 2.45. The van der Waals surface area contributed by atoms with Crippen molar-refractivity contribution in [1.29, 1.82) is 0 Å². The van der Waals surface area contributed by atoms with Crippen molar-refractivity contribution in [1.82, 2.24) is 10.2 Å². The molecule has 0 unspecified atom stereocenters. The molecule has 8 nitrogen and oxygen atoms in total. The average molecular weight is 425 g/mol. The van der Waals surface area contributed by atoms with Crippen LogP contribution in [0.5, 0.6) is 0 Å². The number of nitrogens with zero attached hydrogens (tertiary/aromatic N) is 2. The fourth-order valence-corrected chi connectivity index (χ4v) is 3.65. The van der Waals surface area contributed by atoms with Crippen LogP contribution >= 0.6 is 0 Å². The smallest absolute Gasteiger partial charge is 0.211 e. The lowest BCUT2D eigenvalue weighted by Crippen LogP contribution is -2.46. The van der Waals surface area contributed by atoms with E-state index in [0.717, 1.165) is 31.7 Å². The monoisotopic (exact) mass is 424 g/mol. The number of piperazine rings is 1. The molecule has 1 aliphatic heterocycles. The number of quaternary nitrogens is 1. The van der Waals surface area contributed by atoms with E-state index in [1.54, 1.807) is 24.3 Å². The van der Waals surface area contributed by atoms with Crippen molar-refractivity contribution < 1.29 is 20.3 Å². The number of carbonyl (C=O) groups is 2. The van der Waals surface area contributed by atoms with E-state index < -0.39 is 0 Å². The van der Waals surface area contributed by atoms with E-state index in [2.05, 4.69) is 45.0 Å². The Labute approximate surface area is 182 Å². The zero-order valence-electron chi connectivity index (χ0n) is 18.1. The van der Waals surface area contributed by atoms with Crippen molar-refractivity contribution in [3.63, 3.8) is 0 Å².